The lowest BCUT2D eigenvalue weighted by molar-refractivity contribution is -0.385. The fourth-order valence-corrected chi connectivity index (χ4v) is 2.15. The van der Waals surface area contributed by atoms with E-state index in [1.807, 2.05) is 0 Å². The Morgan fingerprint density at radius 1 is 0.700 bits per heavy atom. The summed E-state index contributed by atoms with van der Waals surface area (Å²) in [6.07, 6.45) is 0. The van der Waals surface area contributed by atoms with E-state index in [1.165, 1.54) is 48.5 Å². The predicted molar refractivity (Wildman–Crippen MR) is 107 cm³/mol. The van der Waals surface area contributed by atoms with Crippen molar-refractivity contribution < 1.29 is 19.4 Å². The molecule has 0 aliphatic carbocycles. The number of benzene rings is 2. The number of carbonyl (C=O) groups excluding carboxylic acids is 2. The molecule has 2 aromatic carbocycles. The van der Waals surface area contributed by atoms with E-state index in [2.05, 4.69) is 21.1 Å². The van der Waals surface area contributed by atoms with E-state index in [0.29, 0.717) is 22.6 Å². The van der Waals surface area contributed by atoms with E-state index in [4.69, 9.17) is 0 Å². The molecule has 0 bridgehead atoms. The van der Waals surface area contributed by atoms with E-state index in [-0.39, 0.29) is 11.4 Å². The average molecular weight is 412 g/mol. The van der Waals surface area contributed by atoms with Crippen molar-refractivity contribution in [2.24, 2.45) is 10.2 Å². The van der Waals surface area contributed by atoms with Crippen molar-refractivity contribution in [2.45, 2.75) is 13.8 Å². The Hall–Kier alpha value is -4.48. The second-order valence-electron chi connectivity index (χ2n) is 5.88. The van der Waals surface area contributed by atoms with Crippen LogP contribution in [-0.2, 0) is 9.59 Å². The molecule has 0 atom stereocenters. The molecule has 2 rings (SSSR count). The number of nitrogens with one attached hydrogen (secondary N) is 2. The largest absolute Gasteiger partial charge is 0.331 e. The van der Waals surface area contributed by atoms with Crippen LogP contribution in [0.1, 0.15) is 25.0 Å². The molecule has 0 fully saturated rings. The van der Waals surface area contributed by atoms with Crippen LogP contribution in [0.3, 0.4) is 0 Å². The number of carbonyl (C=O) groups is 2. The lowest BCUT2D eigenvalue weighted by Gasteiger charge is -2.04. The molecule has 0 saturated carbocycles. The maximum Gasteiger partial charge on any atom is 0.331 e. The van der Waals surface area contributed by atoms with Gasteiger partial charge in [-0.2, -0.15) is 10.2 Å². The lowest BCUT2D eigenvalue weighted by Crippen LogP contribution is -2.36. The van der Waals surface area contributed by atoms with Gasteiger partial charge in [-0.15, -0.1) is 0 Å². The van der Waals surface area contributed by atoms with Gasteiger partial charge in [0.25, 0.3) is 11.4 Å². The van der Waals surface area contributed by atoms with Crippen molar-refractivity contribution in [3.8, 4) is 0 Å². The molecular formula is C18H16N6O6. The van der Waals surface area contributed by atoms with Crippen molar-refractivity contribution in [3.63, 3.8) is 0 Å². The normalized spacial score (nSPS) is 11.5. The molecule has 0 aliphatic rings. The second kappa shape index (κ2) is 9.64. The summed E-state index contributed by atoms with van der Waals surface area (Å²) in [5.41, 5.74) is 5.65. The first-order chi connectivity index (χ1) is 14.2. The third kappa shape index (κ3) is 5.76. The van der Waals surface area contributed by atoms with Gasteiger partial charge in [0.05, 0.1) is 21.3 Å². The number of hydrogen-bond acceptors (Lipinski definition) is 8. The standard InChI is InChI=1S/C18H16N6O6/c1-11(13-3-7-15(8-4-13)23(27)28)19-21-17(25)18(26)22-20-12(2)14-5-9-16(10-6-14)24(29)30/h3-10H,1-2H3,(H,21,25)(H,22,26)/b19-11+,20-12+. The number of hydrazone groups is 2. The summed E-state index contributed by atoms with van der Waals surface area (Å²) in [4.78, 5) is 43.9. The molecule has 0 radical (unpaired) electrons. The molecule has 0 saturated heterocycles. The lowest BCUT2D eigenvalue weighted by atomic mass is 10.1. The van der Waals surface area contributed by atoms with Crippen LogP contribution in [0.4, 0.5) is 11.4 Å². The van der Waals surface area contributed by atoms with Crippen LogP contribution in [0.15, 0.2) is 58.7 Å². The van der Waals surface area contributed by atoms with Crippen LogP contribution in [0.25, 0.3) is 0 Å². The summed E-state index contributed by atoms with van der Waals surface area (Å²) in [6.45, 7) is 3.10. The van der Waals surface area contributed by atoms with Gasteiger partial charge in [0.2, 0.25) is 0 Å². The Morgan fingerprint density at radius 3 is 1.27 bits per heavy atom. The highest BCUT2D eigenvalue weighted by Gasteiger charge is 2.13. The molecule has 0 heterocycles. The van der Waals surface area contributed by atoms with Gasteiger partial charge in [-0.1, -0.05) is 0 Å². The Balaban J connectivity index is 1.95. The number of rotatable bonds is 6. The molecule has 0 spiro atoms. The van der Waals surface area contributed by atoms with Crippen LogP contribution < -0.4 is 10.9 Å². The highest BCUT2D eigenvalue weighted by atomic mass is 16.6. The quantitative estimate of drug-likeness (QED) is 0.317. The number of non-ortho nitro benzene ring substituents is 2. The fraction of sp³-hybridized carbons (Fsp3) is 0.111. The van der Waals surface area contributed by atoms with Crippen LogP contribution in [0, 0.1) is 20.2 Å². The maximum atomic E-state index is 11.8. The predicted octanol–water partition coefficient (Wildman–Crippen LogP) is 1.88. The van der Waals surface area contributed by atoms with Gasteiger partial charge in [0.1, 0.15) is 0 Å². The second-order valence-corrected chi connectivity index (χ2v) is 5.88. The summed E-state index contributed by atoms with van der Waals surface area (Å²) in [6, 6.07) is 11.0. The van der Waals surface area contributed by atoms with Gasteiger partial charge in [0.15, 0.2) is 0 Å². The minimum atomic E-state index is -1.07. The molecule has 12 heteroatoms. The smallest absolute Gasteiger partial charge is 0.262 e. The van der Waals surface area contributed by atoms with E-state index in [1.54, 1.807) is 13.8 Å². The highest BCUT2D eigenvalue weighted by molar-refractivity contribution is 6.35. The molecule has 0 aromatic heterocycles. The first-order valence-corrected chi connectivity index (χ1v) is 8.37. The molecular weight excluding hydrogens is 396 g/mol. The van der Waals surface area contributed by atoms with Gasteiger partial charge < -0.3 is 0 Å². The van der Waals surface area contributed by atoms with E-state index in [9.17, 15) is 29.8 Å². The first-order valence-electron chi connectivity index (χ1n) is 8.37. The Labute approximate surface area is 169 Å². The zero-order valence-corrected chi connectivity index (χ0v) is 15.9. The topological polar surface area (TPSA) is 169 Å². The monoisotopic (exact) mass is 412 g/mol. The maximum absolute atomic E-state index is 11.8. The summed E-state index contributed by atoms with van der Waals surface area (Å²) < 4.78 is 0. The first kappa shape index (κ1) is 21.8. The van der Waals surface area contributed by atoms with Gasteiger partial charge in [-0.25, -0.2) is 10.9 Å². The average Bonchev–Trinajstić information content (AvgIpc) is 2.75. The van der Waals surface area contributed by atoms with Crippen LogP contribution in [0.2, 0.25) is 0 Å². The third-order valence-electron chi connectivity index (χ3n) is 3.85. The zero-order valence-electron chi connectivity index (χ0n) is 15.9. The Morgan fingerprint density at radius 2 is 1.00 bits per heavy atom. The fourth-order valence-electron chi connectivity index (χ4n) is 2.15. The SMILES string of the molecule is C/C(=N\NC(=O)C(=O)N/N=C(\C)c1ccc([N+](=O)[O-])cc1)c1ccc([N+](=O)[O-])cc1. The van der Waals surface area contributed by atoms with E-state index < -0.39 is 21.7 Å². The highest BCUT2D eigenvalue weighted by Crippen LogP contribution is 2.13. The minimum absolute atomic E-state index is 0.0868. The minimum Gasteiger partial charge on any atom is -0.262 e. The van der Waals surface area contributed by atoms with Gasteiger partial charge in [-0.05, 0) is 49.2 Å². The van der Waals surface area contributed by atoms with E-state index in [0.717, 1.165) is 0 Å². The Kier molecular flexibility index (Phi) is 7.01. The number of nitrogens with zero attached hydrogens (tertiary/aromatic N) is 4. The van der Waals surface area contributed by atoms with Gasteiger partial charge in [0, 0.05) is 24.3 Å². The summed E-state index contributed by atoms with van der Waals surface area (Å²) in [5.74, 6) is -2.15. The van der Waals surface area contributed by atoms with E-state index >= 15 is 0 Å². The molecule has 12 nitrogen and oxygen atoms in total. The third-order valence-corrected chi connectivity index (χ3v) is 3.85. The van der Waals surface area contributed by atoms with Crippen molar-refractivity contribution >= 4 is 34.6 Å². The van der Waals surface area contributed by atoms with Gasteiger partial charge >= 0.3 is 11.8 Å². The van der Waals surface area contributed by atoms with Crippen LogP contribution in [0.5, 0.6) is 0 Å². The van der Waals surface area contributed by atoms with Crippen molar-refractivity contribution in [2.75, 3.05) is 0 Å². The van der Waals surface area contributed by atoms with Crippen molar-refractivity contribution in [1.29, 1.82) is 0 Å². The van der Waals surface area contributed by atoms with Crippen molar-refractivity contribution in [1.82, 2.24) is 10.9 Å². The summed E-state index contributed by atoms with van der Waals surface area (Å²) in [5, 5.41) is 28.9. The number of hydrogen-bond donors (Lipinski definition) is 2. The van der Waals surface area contributed by atoms with Crippen LogP contribution in [-0.4, -0.2) is 33.1 Å². The number of nitro groups is 2. The molecule has 154 valence electrons. The number of amides is 2. The Bertz CT molecular complexity index is 958. The zero-order chi connectivity index (χ0) is 22.3. The number of nitro benzene ring substituents is 2. The molecule has 0 aliphatic heterocycles. The molecule has 2 N–H and O–H groups in total. The van der Waals surface area contributed by atoms with Gasteiger partial charge in [-0.3, -0.25) is 29.8 Å². The molecule has 2 aromatic rings. The van der Waals surface area contributed by atoms with Crippen molar-refractivity contribution in [3.05, 3.63) is 79.9 Å². The molecule has 0 unspecified atom stereocenters. The summed E-state index contributed by atoms with van der Waals surface area (Å²) in [7, 11) is 0. The molecule has 30 heavy (non-hydrogen) atoms. The van der Waals surface area contributed by atoms with Crippen LogP contribution >= 0.6 is 0 Å². The molecule has 2 amide bonds. The summed E-state index contributed by atoms with van der Waals surface area (Å²) >= 11 is 0.